The first-order chi connectivity index (χ1) is 12.1. The SMILES string of the molecule is COc1cc([C@](C)(O)C(=O)O[C@@H]2C[C@H](C)CC[C@H]2C(C)C)c(O)cc1C. The Morgan fingerprint density at radius 3 is 2.54 bits per heavy atom. The number of esters is 1. The second-order valence-electron chi connectivity index (χ2n) is 8.18. The molecule has 1 aromatic rings. The number of aromatic hydroxyl groups is 1. The topological polar surface area (TPSA) is 76.0 Å². The lowest BCUT2D eigenvalue weighted by Gasteiger charge is -2.38. The van der Waals surface area contributed by atoms with Crippen molar-refractivity contribution in [1.82, 2.24) is 0 Å². The third-order valence-corrected chi connectivity index (χ3v) is 5.65. The molecule has 4 atom stereocenters. The standard InChI is InChI=1S/C21H32O5/c1-12(2)15-8-7-13(3)9-19(15)26-20(23)21(5,24)16-11-18(25-6)14(4)10-17(16)22/h10-13,15,19,22,24H,7-9H2,1-6H3/t13-,15+,19-,21+/m1/s1. The van der Waals surface area contributed by atoms with Gasteiger partial charge in [-0.15, -0.1) is 0 Å². The van der Waals surface area contributed by atoms with Crippen LogP contribution < -0.4 is 4.74 Å². The summed E-state index contributed by atoms with van der Waals surface area (Å²) in [6, 6.07) is 2.98. The fraction of sp³-hybridized carbons (Fsp3) is 0.667. The second-order valence-corrected chi connectivity index (χ2v) is 8.18. The summed E-state index contributed by atoms with van der Waals surface area (Å²) in [6.45, 7) is 9.57. The van der Waals surface area contributed by atoms with Crippen LogP contribution in [0.2, 0.25) is 0 Å². The van der Waals surface area contributed by atoms with Crippen molar-refractivity contribution in [2.75, 3.05) is 7.11 Å². The first-order valence-electron chi connectivity index (χ1n) is 9.39. The normalized spacial score (nSPS) is 25.6. The van der Waals surface area contributed by atoms with Crippen molar-refractivity contribution in [1.29, 1.82) is 0 Å². The van der Waals surface area contributed by atoms with Crippen LogP contribution in [0.4, 0.5) is 0 Å². The minimum Gasteiger partial charge on any atom is -0.508 e. The molecule has 0 bridgehead atoms. The fourth-order valence-electron chi connectivity index (χ4n) is 3.90. The van der Waals surface area contributed by atoms with Crippen LogP contribution >= 0.6 is 0 Å². The van der Waals surface area contributed by atoms with Gasteiger partial charge in [0.05, 0.1) is 7.11 Å². The highest BCUT2D eigenvalue weighted by Gasteiger charge is 2.41. The van der Waals surface area contributed by atoms with Crippen molar-refractivity contribution >= 4 is 5.97 Å². The maximum Gasteiger partial charge on any atom is 0.342 e. The number of hydrogen-bond acceptors (Lipinski definition) is 5. The molecule has 1 fully saturated rings. The molecule has 0 radical (unpaired) electrons. The Kier molecular flexibility index (Phi) is 6.22. The Labute approximate surface area is 156 Å². The van der Waals surface area contributed by atoms with Crippen LogP contribution in [0, 0.1) is 24.7 Å². The predicted molar refractivity (Wildman–Crippen MR) is 100 cm³/mol. The van der Waals surface area contributed by atoms with Gasteiger partial charge in [-0.25, -0.2) is 4.79 Å². The number of hydrogen-bond donors (Lipinski definition) is 2. The number of carbonyl (C=O) groups excluding carboxylic acids is 1. The van der Waals surface area contributed by atoms with Crippen molar-refractivity contribution in [3.63, 3.8) is 0 Å². The summed E-state index contributed by atoms with van der Waals surface area (Å²) < 4.78 is 11.0. The summed E-state index contributed by atoms with van der Waals surface area (Å²) in [5.41, 5.74) is -1.14. The van der Waals surface area contributed by atoms with Crippen LogP contribution in [0.15, 0.2) is 12.1 Å². The number of aliphatic hydroxyl groups is 1. The van der Waals surface area contributed by atoms with Crippen LogP contribution in [0.25, 0.3) is 0 Å². The van der Waals surface area contributed by atoms with E-state index < -0.39 is 11.6 Å². The van der Waals surface area contributed by atoms with Crippen molar-refractivity contribution in [2.24, 2.45) is 17.8 Å². The van der Waals surface area contributed by atoms with Crippen LogP contribution in [0.5, 0.6) is 11.5 Å². The first-order valence-corrected chi connectivity index (χ1v) is 9.39. The maximum absolute atomic E-state index is 12.8. The molecule has 0 spiro atoms. The summed E-state index contributed by atoms with van der Waals surface area (Å²) >= 11 is 0. The minimum absolute atomic E-state index is 0.0925. The fourth-order valence-corrected chi connectivity index (χ4v) is 3.90. The molecular formula is C21H32O5. The molecule has 1 aliphatic rings. The molecule has 1 aromatic carbocycles. The Morgan fingerprint density at radius 2 is 1.96 bits per heavy atom. The van der Waals surface area contributed by atoms with Crippen molar-refractivity contribution in [2.45, 2.75) is 65.6 Å². The van der Waals surface area contributed by atoms with Crippen LogP contribution in [-0.4, -0.2) is 29.4 Å². The first kappa shape index (κ1) is 20.6. The number of aryl methyl sites for hydroxylation is 1. The second kappa shape index (κ2) is 7.87. The predicted octanol–water partition coefficient (Wildman–Crippen LogP) is 3.92. The lowest BCUT2D eigenvalue weighted by atomic mass is 9.75. The van der Waals surface area contributed by atoms with Gasteiger partial charge in [-0.3, -0.25) is 0 Å². The maximum atomic E-state index is 12.8. The van der Waals surface area contributed by atoms with Crippen LogP contribution in [0.1, 0.15) is 58.1 Å². The molecule has 146 valence electrons. The van der Waals surface area contributed by atoms with Gasteiger partial charge in [0.2, 0.25) is 0 Å². The van der Waals surface area contributed by atoms with Crippen molar-refractivity contribution in [3.05, 3.63) is 23.3 Å². The third-order valence-electron chi connectivity index (χ3n) is 5.65. The molecule has 2 rings (SSSR count). The van der Waals surface area contributed by atoms with E-state index in [1.165, 1.54) is 26.2 Å². The molecule has 5 heteroatoms. The number of carbonyl (C=O) groups is 1. The van der Waals surface area contributed by atoms with Gasteiger partial charge >= 0.3 is 5.97 Å². The van der Waals surface area contributed by atoms with Crippen molar-refractivity contribution < 1.29 is 24.5 Å². The molecule has 0 aliphatic heterocycles. The van der Waals surface area contributed by atoms with Gasteiger partial charge in [-0.05, 0) is 62.1 Å². The molecule has 0 unspecified atom stereocenters. The van der Waals surface area contributed by atoms with Crippen molar-refractivity contribution in [3.8, 4) is 11.5 Å². The highest BCUT2D eigenvalue weighted by Crippen LogP contribution is 2.39. The zero-order chi connectivity index (χ0) is 19.6. The van der Waals surface area contributed by atoms with Crippen LogP contribution in [-0.2, 0) is 15.1 Å². The summed E-state index contributed by atoms with van der Waals surface area (Å²) in [5, 5.41) is 21.1. The number of phenolic OH excluding ortho intramolecular Hbond substituents is 1. The van der Waals surface area contributed by atoms with Gasteiger partial charge in [-0.1, -0.05) is 27.2 Å². The summed E-state index contributed by atoms with van der Waals surface area (Å²) in [5.74, 6) is 0.786. The molecule has 5 nitrogen and oxygen atoms in total. The van der Waals surface area contributed by atoms with Crippen LogP contribution in [0.3, 0.4) is 0 Å². The van der Waals surface area contributed by atoms with Gasteiger partial charge in [0.25, 0.3) is 0 Å². The van der Waals surface area contributed by atoms with E-state index in [9.17, 15) is 15.0 Å². The molecule has 0 saturated heterocycles. The van der Waals surface area contributed by atoms with Gasteiger partial charge in [0, 0.05) is 5.56 Å². The van der Waals surface area contributed by atoms with E-state index >= 15 is 0 Å². The monoisotopic (exact) mass is 364 g/mol. The zero-order valence-corrected chi connectivity index (χ0v) is 16.7. The van der Waals surface area contributed by atoms with Gasteiger partial charge in [0.15, 0.2) is 5.60 Å². The van der Waals surface area contributed by atoms with E-state index in [1.807, 2.05) is 0 Å². The Bertz CT molecular complexity index is 650. The number of rotatable bonds is 5. The number of phenols is 1. The summed E-state index contributed by atoms with van der Waals surface area (Å²) in [6.07, 6.45) is 2.73. The van der Waals surface area contributed by atoms with Gasteiger partial charge in [0.1, 0.15) is 17.6 Å². The Hall–Kier alpha value is -1.75. The summed E-state index contributed by atoms with van der Waals surface area (Å²) in [7, 11) is 1.51. The highest BCUT2D eigenvalue weighted by molar-refractivity contribution is 5.82. The molecule has 2 N–H and O–H groups in total. The minimum atomic E-state index is -1.95. The zero-order valence-electron chi connectivity index (χ0n) is 16.7. The smallest absolute Gasteiger partial charge is 0.342 e. The summed E-state index contributed by atoms with van der Waals surface area (Å²) in [4.78, 5) is 12.8. The molecular weight excluding hydrogens is 332 g/mol. The lowest BCUT2D eigenvalue weighted by Crippen LogP contribution is -2.42. The number of methoxy groups -OCH3 is 1. The van der Waals surface area contributed by atoms with E-state index in [0.29, 0.717) is 17.6 Å². The lowest BCUT2D eigenvalue weighted by molar-refractivity contribution is -0.177. The average molecular weight is 364 g/mol. The number of ether oxygens (including phenoxy) is 2. The molecule has 0 amide bonds. The van der Waals surface area contributed by atoms with E-state index in [4.69, 9.17) is 9.47 Å². The largest absolute Gasteiger partial charge is 0.508 e. The molecule has 1 aliphatic carbocycles. The molecule has 0 aromatic heterocycles. The highest BCUT2D eigenvalue weighted by atomic mass is 16.6. The molecule has 0 heterocycles. The van der Waals surface area contributed by atoms with E-state index in [0.717, 1.165) is 24.8 Å². The van der Waals surface area contributed by atoms with E-state index in [2.05, 4.69) is 20.8 Å². The Balaban J connectivity index is 2.27. The quantitative estimate of drug-likeness (QED) is 0.775. The number of benzene rings is 1. The Morgan fingerprint density at radius 1 is 1.31 bits per heavy atom. The van der Waals surface area contributed by atoms with Gasteiger partial charge < -0.3 is 19.7 Å². The third kappa shape index (κ3) is 4.14. The van der Waals surface area contributed by atoms with E-state index in [-0.39, 0.29) is 23.3 Å². The van der Waals surface area contributed by atoms with Gasteiger partial charge in [-0.2, -0.15) is 0 Å². The molecule has 1 saturated carbocycles. The molecule has 26 heavy (non-hydrogen) atoms. The van der Waals surface area contributed by atoms with E-state index in [1.54, 1.807) is 6.92 Å². The average Bonchev–Trinajstić information content (AvgIpc) is 2.54.